The van der Waals surface area contributed by atoms with Crippen LogP contribution in [0.2, 0.25) is 0 Å². The van der Waals surface area contributed by atoms with E-state index in [-0.39, 0.29) is 17.8 Å². The molecule has 20 heavy (non-hydrogen) atoms. The van der Waals surface area contributed by atoms with Gasteiger partial charge in [-0.25, -0.2) is 9.59 Å². The number of carboxylic acid groups (broad SMARTS) is 1. The van der Waals surface area contributed by atoms with Crippen molar-refractivity contribution in [1.82, 2.24) is 19.7 Å². The number of aromatic nitrogens is 4. The molecule has 8 heteroatoms. The number of aromatic amines is 1. The van der Waals surface area contributed by atoms with Crippen LogP contribution in [0.1, 0.15) is 22.1 Å². The third-order valence-electron chi connectivity index (χ3n) is 2.89. The van der Waals surface area contributed by atoms with E-state index in [1.165, 1.54) is 16.7 Å². The zero-order chi connectivity index (χ0) is 14.3. The van der Waals surface area contributed by atoms with Crippen LogP contribution < -0.4 is 5.69 Å². The minimum atomic E-state index is -1.05. The molecule has 0 bridgehead atoms. The number of carboxylic acids is 1. The molecule has 102 valence electrons. The van der Waals surface area contributed by atoms with Crippen molar-refractivity contribution in [3.63, 3.8) is 0 Å². The fraction of sp³-hybridized carbons (Fsp3) is 0.167. The molecule has 3 aromatic rings. The molecule has 0 aliphatic rings. The van der Waals surface area contributed by atoms with Gasteiger partial charge in [-0.3, -0.25) is 4.57 Å². The van der Waals surface area contributed by atoms with Gasteiger partial charge in [0.2, 0.25) is 5.89 Å². The maximum Gasteiger partial charge on any atom is 0.335 e. The fourth-order valence-electron chi connectivity index (χ4n) is 1.99. The molecule has 3 rings (SSSR count). The highest BCUT2D eigenvalue weighted by Crippen LogP contribution is 2.14. The first-order valence-corrected chi connectivity index (χ1v) is 5.79. The van der Waals surface area contributed by atoms with Crippen LogP contribution in [0, 0.1) is 6.92 Å². The van der Waals surface area contributed by atoms with E-state index in [4.69, 9.17) is 9.63 Å². The van der Waals surface area contributed by atoms with Crippen molar-refractivity contribution in [2.45, 2.75) is 13.5 Å². The Bertz CT molecular complexity index is 858. The van der Waals surface area contributed by atoms with Gasteiger partial charge < -0.3 is 14.6 Å². The van der Waals surface area contributed by atoms with E-state index in [1.54, 1.807) is 13.0 Å². The molecule has 0 atom stereocenters. The standard InChI is InChI=1S/C12H10N4O4/c1-6-13-10(15-20-6)5-16-9-4-7(11(17)18)2-3-8(9)14-12(16)19/h2-4H,5H2,1H3,(H,14,19)(H,17,18). The van der Waals surface area contributed by atoms with Crippen molar-refractivity contribution >= 4 is 17.0 Å². The zero-order valence-electron chi connectivity index (χ0n) is 10.5. The van der Waals surface area contributed by atoms with Gasteiger partial charge in [0.15, 0.2) is 5.82 Å². The Morgan fingerprint density at radius 2 is 2.30 bits per heavy atom. The minimum absolute atomic E-state index is 0.106. The summed E-state index contributed by atoms with van der Waals surface area (Å²) in [6.07, 6.45) is 0. The van der Waals surface area contributed by atoms with E-state index in [2.05, 4.69) is 15.1 Å². The van der Waals surface area contributed by atoms with Crippen molar-refractivity contribution in [3.05, 3.63) is 46.0 Å². The van der Waals surface area contributed by atoms with Gasteiger partial charge in [-0.2, -0.15) is 4.98 Å². The van der Waals surface area contributed by atoms with E-state index in [9.17, 15) is 9.59 Å². The van der Waals surface area contributed by atoms with E-state index in [0.717, 1.165) is 0 Å². The number of hydrogen-bond donors (Lipinski definition) is 2. The first-order valence-electron chi connectivity index (χ1n) is 5.79. The summed E-state index contributed by atoms with van der Waals surface area (Å²) < 4.78 is 6.21. The summed E-state index contributed by atoms with van der Waals surface area (Å²) in [5.74, 6) is -0.298. The Kier molecular flexibility index (Phi) is 2.63. The zero-order valence-corrected chi connectivity index (χ0v) is 10.5. The Morgan fingerprint density at radius 1 is 1.50 bits per heavy atom. The van der Waals surface area contributed by atoms with Crippen LogP contribution in [-0.4, -0.2) is 30.8 Å². The Balaban J connectivity index is 2.13. The summed E-state index contributed by atoms with van der Waals surface area (Å²) in [7, 11) is 0. The molecule has 0 radical (unpaired) electrons. The number of aryl methyl sites for hydroxylation is 1. The van der Waals surface area contributed by atoms with E-state index in [0.29, 0.717) is 22.7 Å². The van der Waals surface area contributed by atoms with Gasteiger partial charge in [0, 0.05) is 6.92 Å². The molecule has 0 amide bonds. The number of nitrogens with zero attached hydrogens (tertiary/aromatic N) is 3. The molecule has 0 aliphatic carbocycles. The summed E-state index contributed by atoms with van der Waals surface area (Å²) in [6, 6.07) is 4.42. The van der Waals surface area contributed by atoms with Gasteiger partial charge in [-0.05, 0) is 18.2 Å². The second-order valence-electron chi connectivity index (χ2n) is 4.28. The molecular weight excluding hydrogens is 264 g/mol. The molecule has 0 saturated carbocycles. The van der Waals surface area contributed by atoms with E-state index >= 15 is 0 Å². The predicted molar refractivity (Wildman–Crippen MR) is 67.7 cm³/mol. The fourth-order valence-corrected chi connectivity index (χ4v) is 1.99. The first-order chi connectivity index (χ1) is 9.54. The molecular formula is C12H10N4O4. The summed E-state index contributed by atoms with van der Waals surface area (Å²) in [5.41, 5.74) is 0.789. The van der Waals surface area contributed by atoms with Crippen LogP contribution in [0.15, 0.2) is 27.5 Å². The lowest BCUT2D eigenvalue weighted by molar-refractivity contribution is 0.0697. The van der Waals surface area contributed by atoms with Crippen LogP contribution in [0.5, 0.6) is 0 Å². The highest BCUT2D eigenvalue weighted by molar-refractivity contribution is 5.92. The van der Waals surface area contributed by atoms with Gasteiger partial charge in [0.1, 0.15) is 0 Å². The number of imidazole rings is 1. The monoisotopic (exact) mass is 274 g/mol. The van der Waals surface area contributed by atoms with Crippen LogP contribution in [0.25, 0.3) is 11.0 Å². The van der Waals surface area contributed by atoms with Crippen LogP contribution in [0.4, 0.5) is 0 Å². The Labute approximate surface area is 111 Å². The van der Waals surface area contributed by atoms with Crippen molar-refractivity contribution in [2.24, 2.45) is 0 Å². The predicted octanol–water partition coefficient (Wildman–Crippen LogP) is 0.768. The second-order valence-corrected chi connectivity index (χ2v) is 4.28. The van der Waals surface area contributed by atoms with Crippen molar-refractivity contribution in [3.8, 4) is 0 Å². The van der Waals surface area contributed by atoms with Crippen LogP contribution in [-0.2, 0) is 6.54 Å². The van der Waals surface area contributed by atoms with Crippen LogP contribution in [0.3, 0.4) is 0 Å². The molecule has 8 nitrogen and oxygen atoms in total. The topological polar surface area (TPSA) is 114 Å². The third-order valence-corrected chi connectivity index (χ3v) is 2.89. The highest BCUT2D eigenvalue weighted by Gasteiger charge is 2.12. The molecule has 0 saturated heterocycles. The average molecular weight is 274 g/mol. The number of carbonyl (C=O) groups is 1. The Hall–Kier alpha value is -2.90. The number of hydrogen-bond acceptors (Lipinski definition) is 5. The Morgan fingerprint density at radius 3 is 2.95 bits per heavy atom. The number of fused-ring (bicyclic) bond motifs is 1. The highest BCUT2D eigenvalue weighted by atomic mass is 16.5. The minimum Gasteiger partial charge on any atom is -0.478 e. The molecule has 0 spiro atoms. The summed E-state index contributed by atoms with van der Waals surface area (Å²) >= 11 is 0. The van der Waals surface area contributed by atoms with Gasteiger partial charge in [-0.15, -0.1) is 0 Å². The summed E-state index contributed by atoms with van der Waals surface area (Å²) in [6.45, 7) is 1.76. The number of benzene rings is 1. The van der Waals surface area contributed by atoms with Crippen molar-refractivity contribution in [2.75, 3.05) is 0 Å². The molecule has 2 N–H and O–H groups in total. The van der Waals surface area contributed by atoms with Crippen molar-refractivity contribution < 1.29 is 14.4 Å². The first kappa shape index (κ1) is 12.2. The molecule has 2 heterocycles. The molecule has 1 aromatic carbocycles. The number of rotatable bonds is 3. The van der Waals surface area contributed by atoms with Gasteiger partial charge in [-0.1, -0.05) is 5.16 Å². The second kappa shape index (κ2) is 4.34. The average Bonchev–Trinajstić information content (AvgIpc) is 2.94. The lowest BCUT2D eigenvalue weighted by Gasteiger charge is -2.00. The smallest absolute Gasteiger partial charge is 0.335 e. The number of nitrogens with one attached hydrogen (secondary N) is 1. The number of aromatic carboxylic acids is 1. The van der Waals surface area contributed by atoms with Crippen LogP contribution >= 0.6 is 0 Å². The maximum absolute atomic E-state index is 11.9. The lowest BCUT2D eigenvalue weighted by atomic mass is 10.2. The molecule has 0 aliphatic heterocycles. The molecule has 0 unspecified atom stereocenters. The lowest BCUT2D eigenvalue weighted by Crippen LogP contribution is -2.18. The quantitative estimate of drug-likeness (QED) is 0.729. The molecule has 2 aromatic heterocycles. The van der Waals surface area contributed by atoms with Crippen molar-refractivity contribution in [1.29, 1.82) is 0 Å². The van der Waals surface area contributed by atoms with Gasteiger partial charge in [0.25, 0.3) is 0 Å². The summed E-state index contributed by atoms with van der Waals surface area (Å²) in [5, 5.41) is 12.7. The van der Waals surface area contributed by atoms with E-state index < -0.39 is 5.97 Å². The SMILES string of the molecule is Cc1nc(Cn2c(=O)[nH]c3ccc(C(=O)O)cc32)no1. The largest absolute Gasteiger partial charge is 0.478 e. The van der Waals surface area contributed by atoms with E-state index in [1.807, 2.05) is 0 Å². The normalized spacial score (nSPS) is 11.1. The van der Waals surface area contributed by atoms with Gasteiger partial charge >= 0.3 is 11.7 Å². The number of H-pyrrole nitrogens is 1. The summed E-state index contributed by atoms with van der Waals surface area (Å²) in [4.78, 5) is 29.6. The maximum atomic E-state index is 11.9. The molecule has 0 fully saturated rings. The third kappa shape index (κ3) is 1.96. The van der Waals surface area contributed by atoms with Gasteiger partial charge in [0.05, 0.1) is 23.1 Å².